The number of rotatable bonds is 8. The molecule has 0 aliphatic rings. The van der Waals surface area contributed by atoms with Gasteiger partial charge in [-0.1, -0.05) is 31.9 Å². The Balaban J connectivity index is 2.48. The Labute approximate surface area is 147 Å². The number of fused-ring (bicyclic) bond motifs is 1. The average molecular weight is 365 g/mol. The summed E-state index contributed by atoms with van der Waals surface area (Å²) in [4.78, 5) is 16.0. The van der Waals surface area contributed by atoms with E-state index in [4.69, 9.17) is 10.5 Å². The van der Waals surface area contributed by atoms with Gasteiger partial charge in [0.05, 0.1) is 12.0 Å². The van der Waals surface area contributed by atoms with Crippen molar-refractivity contribution < 1.29 is 17.9 Å². The lowest BCUT2D eigenvalue weighted by Gasteiger charge is -2.17. The Bertz CT molecular complexity index is 852. The van der Waals surface area contributed by atoms with Crippen molar-refractivity contribution in [3.63, 3.8) is 0 Å². The number of nitrogens with two attached hydrogens (primary N) is 1. The Morgan fingerprint density at radius 3 is 2.72 bits per heavy atom. The highest BCUT2D eigenvalue weighted by Gasteiger charge is 2.23. The third kappa shape index (κ3) is 4.33. The van der Waals surface area contributed by atoms with Gasteiger partial charge in [0.25, 0.3) is 0 Å². The summed E-state index contributed by atoms with van der Waals surface area (Å²) in [6.45, 7) is 2.26. The van der Waals surface area contributed by atoms with E-state index in [-0.39, 0.29) is 23.2 Å². The molecule has 0 amide bonds. The number of methoxy groups -OCH3 is 1. The van der Waals surface area contributed by atoms with Crippen molar-refractivity contribution in [1.29, 1.82) is 0 Å². The fraction of sp³-hybridized carbons (Fsp3) is 0.412. The van der Waals surface area contributed by atoms with Crippen LogP contribution in [-0.2, 0) is 14.8 Å². The number of pyridine rings is 1. The molecule has 2 aromatic rings. The molecule has 1 atom stereocenters. The molecular weight excluding hydrogens is 342 g/mol. The molecule has 7 nitrogen and oxygen atoms in total. The predicted molar refractivity (Wildman–Crippen MR) is 95.8 cm³/mol. The molecule has 2 rings (SSSR count). The first kappa shape index (κ1) is 19.3. The lowest BCUT2D eigenvalue weighted by Crippen LogP contribution is -2.40. The summed E-state index contributed by atoms with van der Waals surface area (Å²) >= 11 is 0. The Hall–Kier alpha value is -2.03. The minimum absolute atomic E-state index is 0.0819. The summed E-state index contributed by atoms with van der Waals surface area (Å²) in [6, 6.07) is 5.96. The minimum Gasteiger partial charge on any atom is -0.464 e. The number of esters is 1. The summed E-state index contributed by atoms with van der Waals surface area (Å²) in [5.41, 5.74) is 5.78. The van der Waals surface area contributed by atoms with Gasteiger partial charge in [0.1, 0.15) is 0 Å². The first-order valence-electron chi connectivity index (χ1n) is 8.13. The molecule has 0 fully saturated rings. The van der Waals surface area contributed by atoms with E-state index in [1.807, 2.05) is 6.92 Å². The van der Waals surface area contributed by atoms with Crippen LogP contribution in [0.2, 0.25) is 0 Å². The van der Waals surface area contributed by atoms with Crippen LogP contribution in [0.4, 0.5) is 0 Å². The Kier molecular flexibility index (Phi) is 6.46. The van der Waals surface area contributed by atoms with Gasteiger partial charge in [0.15, 0.2) is 5.69 Å². The van der Waals surface area contributed by atoms with Crippen LogP contribution in [0.15, 0.2) is 35.4 Å². The third-order valence-electron chi connectivity index (χ3n) is 3.95. The average Bonchev–Trinajstić information content (AvgIpc) is 2.63. The van der Waals surface area contributed by atoms with E-state index in [0.717, 1.165) is 12.8 Å². The topological polar surface area (TPSA) is 111 Å². The smallest absolute Gasteiger partial charge is 0.357 e. The molecule has 0 bridgehead atoms. The van der Waals surface area contributed by atoms with Crippen molar-refractivity contribution >= 4 is 26.8 Å². The first-order chi connectivity index (χ1) is 11.9. The van der Waals surface area contributed by atoms with Gasteiger partial charge in [-0.2, -0.15) is 0 Å². The molecule has 3 N–H and O–H groups in total. The molecule has 1 aromatic heterocycles. The zero-order valence-electron chi connectivity index (χ0n) is 14.4. The molecular formula is C17H23N3O4S. The Morgan fingerprint density at radius 1 is 1.32 bits per heavy atom. The number of ether oxygens (including phenoxy) is 1. The molecule has 0 saturated heterocycles. The summed E-state index contributed by atoms with van der Waals surface area (Å²) < 4.78 is 33.0. The third-order valence-corrected chi connectivity index (χ3v) is 5.53. The van der Waals surface area contributed by atoms with E-state index in [1.54, 1.807) is 18.2 Å². The van der Waals surface area contributed by atoms with Crippen molar-refractivity contribution in [3.05, 3.63) is 36.2 Å². The molecule has 0 radical (unpaired) electrons. The van der Waals surface area contributed by atoms with Crippen LogP contribution < -0.4 is 10.5 Å². The van der Waals surface area contributed by atoms with Crippen LogP contribution in [0.5, 0.6) is 0 Å². The highest BCUT2D eigenvalue weighted by atomic mass is 32.2. The van der Waals surface area contributed by atoms with Gasteiger partial charge in [-0.3, -0.25) is 0 Å². The summed E-state index contributed by atoms with van der Waals surface area (Å²) in [6.07, 6.45) is 3.91. The van der Waals surface area contributed by atoms with Crippen molar-refractivity contribution in [3.8, 4) is 0 Å². The van der Waals surface area contributed by atoms with Crippen LogP contribution in [0, 0.1) is 0 Å². The predicted octanol–water partition coefficient (Wildman–Crippen LogP) is 1.82. The fourth-order valence-electron chi connectivity index (χ4n) is 2.63. The fourth-order valence-corrected chi connectivity index (χ4v) is 4.14. The standard InChI is InChI=1S/C17H23N3O4S/c1-3-4-6-12(11-18)20-25(22,23)15-8-5-7-14-13(15)9-10-19-16(14)17(21)24-2/h5,7-10,12,20H,3-4,6,11,18H2,1-2H3. The molecule has 136 valence electrons. The van der Waals surface area contributed by atoms with E-state index in [0.29, 0.717) is 17.2 Å². The zero-order chi connectivity index (χ0) is 18.4. The largest absolute Gasteiger partial charge is 0.464 e. The normalized spacial score (nSPS) is 12.9. The number of unbranched alkanes of at least 4 members (excludes halogenated alkanes) is 1. The SMILES string of the molecule is CCCCC(CN)NS(=O)(=O)c1cccc2c(C(=O)OC)nccc12. The number of carbonyl (C=O) groups is 1. The number of sulfonamides is 1. The van der Waals surface area contributed by atoms with Crippen LogP contribution in [0.25, 0.3) is 10.8 Å². The maximum absolute atomic E-state index is 12.8. The number of carbonyl (C=O) groups excluding carboxylic acids is 1. The molecule has 0 aliphatic heterocycles. The molecule has 1 unspecified atom stereocenters. The summed E-state index contributed by atoms with van der Waals surface area (Å²) in [5.74, 6) is -0.615. The van der Waals surface area contributed by atoms with Gasteiger partial charge >= 0.3 is 5.97 Å². The van der Waals surface area contributed by atoms with E-state index in [1.165, 1.54) is 19.4 Å². The number of hydrogen-bond donors (Lipinski definition) is 2. The lowest BCUT2D eigenvalue weighted by atomic mass is 10.1. The van der Waals surface area contributed by atoms with Crippen molar-refractivity contribution in [2.24, 2.45) is 5.73 Å². The molecule has 8 heteroatoms. The van der Waals surface area contributed by atoms with Gasteiger partial charge in [0, 0.05) is 29.6 Å². The summed E-state index contributed by atoms with van der Waals surface area (Å²) in [5, 5.41) is 0.840. The molecule has 25 heavy (non-hydrogen) atoms. The van der Waals surface area contributed by atoms with E-state index in [2.05, 4.69) is 9.71 Å². The highest BCUT2D eigenvalue weighted by molar-refractivity contribution is 7.89. The maximum Gasteiger partial charge on any atom is 0.357 e. The van der Waals surface area contributed by atoms with Gasteiger partial charge in [0.2, 0.25) is 10.0 Å². The van der Waals surface area contributed by atoms with E-state index >= 15 is 0 Å². The second-order valence-corrected chi connectivity index (χ2v) is 7.38. The Morgan fingerprint density at radius 2 is 2.08 bits per heavy atom. The monoisotopic (exact) mass is 365 g/mol. The van der Waals surface area contributed by atoms with E-state index in [9.17, 15) is 13.2 Å². The van der Waals surface area contributed by atoms with Gasteiger partial charge in [-0.15, -0.1) is 0 Å². The number of nitrogens with one attached hydrogen (secondary N) is 1. The van der Waals surface area contributed by atoms with Crippen LogP contribution in [0.1, 0.15) is 36.7 Å². The van der Waals surface area contributed by atoms with Crippen LogP contribution in [-0.4, -0.2) is 39.1 Å². The zero-order valence-corrected chi connectivity index (χ0v) is 15.2. The number of nitrogens with zero attached hydrogens (tertiary/aromatic N) is 1. The maximum atomic E-state index is 12.8. The second kappa shape index (κ2) is 8.37. The van der Waals surface area contributed by atoms with Gasteiger partial charge in [-0.25, -0.2) is 22.9 Å². The molecule has 1 aromatic carbocycles. The lowest BCUT2D eigenvalue weighted by molar-refractivity contribution is 0.0596. The van der Waals surface area contributed by atoms with Crippen molar-refractivity contribution in [1.82, 2.24) is 9.71 Å². The molecule has 0 aliphatic carbocycles. The number of hydrogen-bond acceptors (Lipinski definition) is 6. The molecule has 0 spiro atoms. The first-order valence-corrected chi connectivity index (χ1v) is 9.61. The van der Waals surface area contributed by atoms with Crippen molar-refractivity contribution in [2.45, 2.75) is 37.1 Å². The van der Waals surface area contributed by atoms with Crippen molar-refractivity contribution in [2.75, 3.05) is 13.7 Å². The molecule has 0 saturated carbocycles. The number of aromatic nitrogens is 1. The summed E-state index contributed by atoms with van der Waals surface area (Å²) in [7, 11) is -2.53. The number of benzene rings is 1. The second-order valence-electron chi connectivity index (χ2n) is 5.70. The minimum atomic E-state index is -3.79. The highest BCUT2D eigenvalue weighted by Crippen LogP contribution is 2.25. The quantitative estimate of drug-likeness (QED) is 0.690. The van der Waals surface area contributed by atoms with E-state index < -0.39 is 16.0 Å². The molecule has 1 heterocycles. The van der Waals surface area contributed by atoms with Gasteiger partial charge < -0.3 is 10.5 Å². The van der Waals surface area contributed by atoms with Gasteiger partial charge in [-0.05, 0) is 18.6 Å². The van der Waals surface area contributed by atoms with Crippen LogP contribution in [0.3, 0.4) is 0 Å². The van der Waals surface area contributed by atoms with Crippen LogP contribution >= 0.6 is 0 Å².